The lowest BCUT2D eigenvalue weighted by molar-refractivity contribution is -0.0369. The van der Waals surface area contributed by atoms with Crippen LogP contribution in [-0.4, -0.2) is 30.8 Å². The number of halogens is 2. The highest BCUT2D eigenvalue weighted by atomic mass is 19.1. The highest BCUT2D eigenvalue weighted by Crippen LogP contribution is 2.36. The molecule has 7 nitrogen and oxygen atoms in total. The molecule has 1 unspecified atom stereocenters. The molecule has 2 N–H and O–H groups in total. The van der Waals surface area contributed by atoms with Crippen molar-refractivity contribution in [1.29, 1.82) is 0 Å². The number of imidazole rings is 1. The summed E-state index contributed by atoms with van der Waals surface area (Å²) in [4.78, 5) is 8.80. The van der Waals surface area contributed by atoms with E-state index in [0.717, 1.165) is 19.3 Å². The van der Waals surface area contributed by atoms with Gasteiger partial charge in [0, 0.05) is 35.5 Å². The Hall–Kier alpha value is -3.85. The summed E-state index contributed by atoms with van der Waals surface area (Å²) in [6.45, 7) is 0.637. The Morgan fingerprint density at radius 2 is 2.00 bits per heavy atom. The molecule has 6 rings (SSSR count). The molecule has 1 fully saturated rings. The van der Waals surface area contributed by atoms with Gasteiger partial charge in [-0.1, -0.05) is 12.1 Å². The average molecular weight is 446 g/mol. The Kier molecular flexibility index (Phi) is 4.58. The lowest BCUT2D eigenvalue weighted by Crippen LogP contribution is -2.19. The number of benzene rings is 2. The summed E-state index contributed by atoms with van der Waals surface area (Å²) in [6, 6.07) is 9.36. The number of rotatable bonds is 3. The number of fused-ring (bicyclic) bond motifs is 2. The van der Waals surface area contributed by atoms with Gasteiger partial charge in [0.2, 0.25) is 0 Å². The lowest BCUT2D eigenvalue weighted by atomic mass is 10.0. The minimum Gasteiger partial charge on any atom is -0.381 e. The number of nitrogens with zero attached hydrogens (tertiary/aromatic N) is 5. The predicted octanol–water partition coefficient (Wildman–Crippen LogP) is 4.97. The maximum Gasteiger partial charge on any atom is 0.180 e. The molecule has 166 valence electrons. The van der Waals surface area contributed by atoms with E-state index in [9.17, 15) is 4.39 Å². The number of aromatic nitrogens is 5. The van der Waals surface area contributed by atoms with Gasteiger partial charge < -0.3 is 10.5 Å². The van der Waals surface area contributed by atoms with Crippen LogP contribution in [0.3, 0.4) is 0 Å². The summed E-state index contributed by atoms with van der Waals surface area (Å²) < 4.78 is 38.7. The van der Waals surface area contributed by atoms with Crippen LogP contribution >= 0.6 is 0 Å². The fourth-order valence-corrected chi connectivity index (χ4v) is 4.54. The van der Waals surface area contributed by atoms with Gasteiger partial charge in [0.15, 0.2) is 17.7 Å². The molecule has 1 saturated heterocycles. The molecule has 1 aliphatic heterocycles. The first-order valence-electron chi connectivity index (χ1n) is 10.8. The zero-order chi connectivity index (χ0) is 22.5. The fourth-order valence-electron chi connectivity index (χ4n) is 4.54. The number of nitrogen functional groups attached to an aromatic ring is 1. The quantitative estimate of drug-likeness (QED) is 0.423. The van der Waals surface area contributed by atoms with Crippen LogP contribution in [0.15, 0.2) is 55.0 Å². The topological polar surface area (TPSA) is 83.3 Å². The van der Waals surface area contributed by atoms with Gasteiger partial charge in [-0.25, -0.2) is 23.4 Å². The molecule has 0 spiro atoms. The van der Waals surface area contributed by atoms with Gasteiger partial charge in [-0.3, -0.25) is 4.40 Å². The molecule has 0 amide bonds. The van der Waals surface area contributed by atoms with Crippen molar-refractivity contribution in [1.82, 2.24) is 24.1 Å². The SMILES string of the molecule is Nc1nc(-c2cccc(F)c2)c(-c2cc(F)c3c(cnn3C3CCCCO3)c2)n2ccnc12. The molecular weight excluding hydrogens is 426 g/mol. The minimum absolute atomic E-state index is 0.201. The highest BCUT2D eigenvalue weighted by molar-refractivity contribution is 5.89. The van der Waals surface area contributed by atoms with Crippen LogP contribution in [0.1, 0.15) is 25.5 Å². The van der Waals surface area contributed by atoms with Gasteiger partial charge in [-0.05, 0) is 43.5 Å². The van der Waals surface area contributed by atoms with Gasteiger partial charge in [0.05, 0.1) is 17.6 Å². The van der Waals surface area contributed by atoms with Crippen molar-refractivity contribution in [2.75, 3.05) is 12.3 Å². The third kappa shape index (κ3) is 3.23. The van der Waals surface area contributed by atoms with Crippen molar-refractivity contribution < 1.29 is 13.5 Å². The second kappa shape index (κ2) is 7.63. The molecule has 0 saturated carbocycles. The van der Waals surface area contributed by atoms with Crippen LogP contribution in [0.2, 0.25) is 0 Å². The third-order valence-electron chi connectivity index (χ3n) is 6.01. The Balaban J connectivity index is 1.59. The summed E-state index contributed by atoms with van der Waals surface area (Å²) >= 11 is 0. The van der Waals surface area contributed by atoms with Crippen molar-refractivity contribution in [2.45, 2.75) is 25.5 Å². The van der Waals surface area contributed by atoms with Gasteiger partial charge in [0.25, 0.3) is 0 Å². The molecule has 1 atom stereocenters. The zero-order valence-corrected chi connectivity index (χ0v) is 17.6. The molecule has 9 heteroatoms. The van der Waals surface area contributed by atoms with E-state index in [1.807, 2.05) is 6.07 Å². The smallest absolute Gasteiger partial charge is 0.180 e. The van der Waals surface area contributed by atoms with Gasteiger partial charge >= 0.3 is 0 Å². The molecule has 4 heterocycles. The van der Waals surface area contributed by atoms with E-state index in [0.29, 0.717) is 45.7 Å². The number of anilines is 1. The van der Waals surface area contributed by atoms with Gasteiger partial charge in [-0.15, -0.1) is 0 Å². The molecule has 3 aromatic heterocycles. The molecule has 5 aromatic rings. The molecule has 1 aliphatic rings. The largest absolute Gasteiger partial charge is 0.381 e. The van der Waals surface area contributed by atoms with Crippen LogP contribution in [0.4, 0.5) is 14.6 Å². The highest BCUT2D eigenvalue weighted by Gasteiger charge is 2.23. The van der Waals surface area contributed by atoms with E-state index in [-0.39, 0.29) is 12.0 Å². The van der Waals surface area contributed by atoms with Crippen molar-refractivity contribution in [3.8, 4) is 22.5 Å². The number of hydrogen-bond acceptors (Lipinski definition) is 5. The molecule has 0 aliphatic carbocycles. The second-order valence-electron chi connectivity index (χ2n) is 8.13. The van der Waals surface area contributed by atoms with Gasteiger partial charge in [0.1, 0.15) is 17.2 Å². The van der Waals surface area contributed by atoms with Crippen molar-refractivity contribution in [3.63, 3.8) is 0 Å². The molecule has 33 heavy (non-hydrogen) atoms. The van der Waals surface area contributed by atoms with E-state index in [2.05, 4.69) is 15.1 Å². The average Bonchev–Trinajstić information content (AvgIpc) is 3.48. The minimum atomic E-state index is -0.426. The lowest BCUT2D eigenvalue weighted by Gasteiger charge is -2.23. The van der Waals surface area contributed by atoms with E-state index in [1.54, 1.807) is 39.8 Å². The maximum absolute atomic E-state index is 15.5. The third-order valence-corrected chi connectivity index (χ3v) is 6.01. The summed E-state index contributed by atoms with van der Waals surface area (Å²) in [7, 11) is 0. The van der Waals surface area contributed by atoms with Gasteiger partial charge in [-0.2, -0.15) is 5.10 Å². The van der Waals surface area contributed by atoms with Crippen LogP contribution in [0, 0.1) is 11.6 Å². The first kappa shape index (κ1) is 19.8. The summed E-state index contributed by atoms with van der Waals surface area (Å²) in [5.41, 5.74) is 9.05. The van der Waals surface area contributed by atoms with E-state index in [1.165, 1.54) is 18.2 Å². The summed E-state index contributed by atoms with van der Waals surface area (Å²) in [6.07, 6.45) is 7.48. The number of ether oxygens (including phenoxy) is 1. The number of hydrogen-bond donors (Lipinski definition) is 1. The fraction of sp³-hybridized carbons (Fsp3) is 0.208. The van der Waals surface area contributed by atoms with Crippen LogP contribution in [0.5, 0.6) is 0 Å². The Labute approximate surface area is 187 Å². The monoisotopic (exact) mass is 446 g/mol. The van der Waals surface area contributed by atoms with E-state index < -0.39 is 11.6 Å². The van der Waals surface area contributed by atoms with Crippen molar-refractivity contribution in [2.24, 2.45) is 0 Å². The normalized spacial score (nSPS) is 16.6. The second-order valence-corrected chi connectivity index (χ2v) is 8.13. The molecule has 2 aromatic carbocycles. The van der Waals surface area contributed by atoms with E-state index >= 15 is 4.39 Å². The Morgan fingerprint density at radius 1 is 1.09 bits per heavy atom. The van der Waals surface area contributed by atoms with Crippen molar-refractivity contribution >= 4 is 22.4 Å². The first-order valence-corrected chi connectivity index (χ1v) is 10.8. The first-order chi connectivity index (χ1) is 16.1. The maximum atomic E-state index is 15.5. The molecule has 0 bridgehead atoms. The summed E-state index contributed by atoms with van der Waals surface area (Å²) in [5, 5.41) is 5.05. The van der Waals surface area contributed by atoms with E-state index in [4.69, 9.17) is 10.5 Å². The van der Waals surface area contributed by atoms with Crippen LogP contribution in [-0.2, 0) is 4.74 Å². The number of nitrogens with two attached hydrogens (primary N) is 1. The molecule has 0 radical (unpaired) electrons. The molecular formula is C24H20F2N6O. The standard InChI is InChI=1S/C24H20F2N6O/c25-17-5-3-4-14(11-17)20-22(31-8-7-28-24(31)23(27)30-20)15-10-16-13-29-32(21(16)18(26)12-15)19-6-1-2-9-33-19/h3-5,7-8,10-13,19H,1-2,6,9H2,(H2,27,30). The Bertz CT molecular complexity index is 1500. The predicted molar refractivity (Wildman–Crippen MR) is 120 cm³/mol. The van der Waals surface area contributed by atoms with Crippen molar-refractivity contribution in [3.05, 3.63) is 66.6 Å². The van der Waals surface area contributed by atoms with Crippen LogP contribution < -0.4 is 5.73 Å². The Morgan fingerprint density at radius 3 is 2.82 bits per heavy atom. The summed E-state index contributed by atoms with van der Waals surface area (Å²) in [5.74, 6) is -0.628. The zero-order valence-electron chi connectivity index (χ0n) is 17.6. The van der Waals surface area contributed by atoms with Crippen LogP contribution in [0.25, 0.3) is 39.1 Å².